The molecule has 0 heterocycles. The van der Waals surface area contributed by atoms with Gasteiger partial charge in [-0.25, -0.2) is 4.57 Å². The quantitative estimate of drug-likeness (QED) is 0.300. The Bertz CT molecular complexity index is 116. The van der Waals surface area contributed by atoms with Crippen LogP contribution in [0, 0.1) is 0 Å². The number of hydrogen-bond acceptors (Lipinski definition) is 3. The van der Waals surface area contributed by atoms with Crippen LogP contribution in [0.4, 0.5) is 0 Å². The molecule has 0 aromatic heterocycles. The van der Waals surface area contributed by atoms with Crippen molar-refractivity contribution in [1.29, 1.82) is 0 Å². The molecule has 0 aliphatic heterocycles. The Hall–Kier alpha value is 0.760. The van der Waals surface area contributed by atoms with Gasteiger partial charge in [-0.15, -0.1) is 0 Å². The standard InChI is InChI=1S/C6H11O3P.Na.H/c1-6(7)4-2-3-5-9-10-8;;/h2,4,6-7H,3,5H2,1H3;;. The van der Waals surface area contributed by atoms with Crippen molar-refractivity contribution >= 4 is 38.2 Å². The van der Waals surface area contributed by atoms with E-state index in [-0.39, 0.29) is 38.2 Å². The predicted octanol–water partition coefficient (Wildman–Crippen LogP) is 0.888. The molecule has 0 bridgehead atoms. The third-order valence-corrected chi connectivity index (χ3v) is 1.13. The van der Waals surface area contributed by atoms with Gasteiger partial charge in [-0.2, -0.15) is 0 Å². The van der Waals surface area contributed by atoms with Crippen LogP contribution >= 0.6 is 8.69 Å². The van der Waals surface area contributed by atoms with E-state index in [0.29, 0.717) is 13.0 Å². The molecule has 60 valence electrons. The van der Waals surface area contributed by atoms with Gasteiger partial charge in [0.2, 0.25) is 0 Å². The molecule has 0 radical (unpaired) electrons. The molecule has 0 saturated heterocycles. The molecule has 1 atom stereocenters. The predicted molar refractivity (Wildman–Crippen MR) is 46.1 cm³/mol. The first-order valence-electron chi connectivity index (χ1n) is 3.06. The SMILES string of the molecule is CC(O)C=CCCOP=O.[NaH]. The number of aliphatic hydroxyl groups is 1. The van der Waals surface area contributed by atoms with Gasteiger partial charge in [0.05, 0.1) is 12.7 Å². The maximum atomic E-state index is 9.70. The van der Waals surface area contributed by atoms with Crippen LogP contribution in [0.5, 0.6) is 0 Å². The molecule has 0 spiro atoms. The molecule has 0 rings (SSSR count). The minimum atomic E-state index is -0.412. The maximum absolute atomic E-state index is 9.70. The molecule has 11 heavy (non-hydrogen) atoms. The second-order valence-electron chi connectivity index (χ2n) is 1.87. The summed E-state index contributed by atoms with van der Waals surface area (Å²) >= 11 is 0. The fourth-order valence-electron chi connectivity index (χ4n) is 0.451. The Morgan fingerprint density at radius 2 is 2.36 bits per heavy atom. The van der Waals surface area contributed by atoms with Gasteiger partial charge in [-0.3, -0.25) is 4.52 Å². The number of rotatable bonds is 5. The van der Waals surface area contributed by atoms with Crippen LogP contribution in [-0.4, -0.2) is 47.4 Å². The Kier molecular flexibility index (Phi) is 14.0. The zero-order valence-corrected chi connectivity index (χ0v) is 6.75. The summed E-state index contributed by atoms with van der Waals surface area (Å²) in [6.07, 6.45) is 3.71. The van der Waals surface area contributed by atoms with E-state index in [9.17, 15) is 4.57 Å². The van der Waals surface area contributed by atoms with Gasteiger partial charge in [0.15, 0.2) is 0 Å². The van der Waals surface area contributed by atoms with E-state index in [0.717, 1.165) is 0 Å². The molecule has 0 fully saturated rings. The fraction of sp³-hybridized carbons (Fsp3) is 0.667. The second kappa shape index (κ2) is 10.8. The third kappa shape index (κ3) is 13.7. The van der Waals surface area contributed by atoms with Crippen LogP contribution in [0.25, 0.3) is 0 Å². The Balaban J connectivity index is 0. The monoisotopic (exact) mass is 186 g/mol. The van der Waals surface area contributed by atoms with Crippen molar-refractivity contribution in [2.75, 3.05) is 6.61 Å². The first kappa shape index (κ1) is 14.3. The van der Waals surface area contributed by atoms with E-state index in [4.69, 9.17) is 5.11 Å². The van der Waals surface area contributed by atoms with Crippen molar-refractivity contribution in [3.05, 3.63) is 12.2 Å². The van der Waals surface area contributed by atoms with Crippen LogP contribution in [0.2, 0.25) is 0 Å². The molecular weight excluding hydrogens is 174 g/mol. The molecule has 0 amide bonds. The summed E-state index contributed by atoms with van der Waals surface area (Å²) in [5, 5.41) is 8.72. The van der Waals surface area contributed by atoms with Crippen molar-refractivity contribution < 1.29 is 14.2 Å². The molecule has 3 nitrogen and oxygen atoms in total. The summed E-state index contributed by atoms with van der Waals surface area (Å²) in [7, 11) is -0.284. The Labute approximate surface area is 90.4 Å². The van der Waals surface area contributed by atoms with Crippen LogP contribution in [0.1, 0.15) is 13.3 Å². The van der Waals surface area contributed by atoms with Crippen molar-refractivity contribution in [2.45, 2.75) is 19.4 Å². The van der Waals surface area contributed by atoms with Gasteiger partial charge in [-0.1, -0.05) is 12.2 Å². The van der Waals surface area contributed by atoms with Gasteiger partial charge in [0.1, 0.15) is 0 Å². The molecule has 0 aliphatic rings. The van der Waals surface area contributed by atoms with Crippen LogP contribution < -0.4 is 0 Å². The molecular formula is C6H12NaO3P. The first-order chi connectivity index (χ1) is 4.77. The Morgan fingerprint density at radius 3 is 2.82 bits per heavy atom. The van der Waals surface area contributed by atoms with Crippen LogP contribution in [0.15, 0.2) is 12.2 Å². The second-order valence-corrected chi connectivity index (χ2v) is 2.27. The van der Waals surface area contributed by atoms with E-state index in [1.807, 2.05) is 0 Å². The molecule has 0 aliphatic carbocycles. The normalized spacial score (nSPS) is 13.3. The molecule has 0 aromatic rings. The van der Waals surface area contributed by atoms with Crippen molar-refractivity contribution in [2.24, 2.45) is 0 Å². The average Bonchev–Trinajstić information content (AvgIpc) is 1.87. The molecule has 1 unspecified atom stereocenters. The van der Waals surface area contributed by atoms with Crippen LogP contribution in [0.3, 0.4) is 0 Å². The molecule has 5 heteroatoms. The zero-order chi connectivity index (χ0) is 7.82. The zero-order valence-electron chi connectivity index (χ0n) is 5.86. The average molecular weight is 186 g/mol. The summed E-state index contributed by atoms with van der Waals surface area (Å²) in [6.45, 7) is 2.09. The van der Waals surface area contributed by atoms with Gasteiger partial charge >= 0.3 is 38.2 Å². The third-order valence-electron chi connectivity index (χ3n) is 0.843. The fourth-order valence-corrected chi connectivity index (χ4v) is 0.631. The molecule has 1 N–H and O–H groups in total. The molecule has 0 aromatic carbocycles. The first-order valence-corrected chi connectivity index (χ1v) is 3.79. The Morgan fingerprint density at radius 1 is 1.73 bits per heavy atom. The van der Waals surface area contributed by atoms with E-state index in [1.54, 1.807) is 19.1 Å². The van der Waals surface area contributed by atoms with E-state index in [1.165, 1.54) is 0 Å². The molecule has 0 saturated carbocycles. The summed E-state index contributed by atoms with van der Waals surface area (Å²) in [5.74, 6) is 0. The van der Waals surface area contributed by atoms with E-state index < -0.39 is 6.10 Å². The van der Waals surface area contributed by atoms with Crippen molar-refractivity contribution in [3.63, 3.8) is 0 Å². The van der Waals surface area contributed by atoms with E-state index in [2.05, 4.69) is 4.52 Å². The van der Waals surface area contributed by atoms with Gasteiger partial charge in [0, 0.05) is 0 Å². The summed E-state index contributed by atoms with van der Waals surface area (Å²) in [6, 6.07) is 0. The van der Waals surface area contributed by atoms with Crippen molar-refractivity contribution in [1.82, 2.24) is 0 Å². The van der Waals surface area contributed by atoms with Gasteiger partial charge < -0.3 is 5.11 Å². The summed E-state index contributed by atoms with van der Waals surface area (Å²) in [5.41, 5.74) is 0. The van der Waals surface area contributed by atoms with Gasteiger partial charge in [0.25, 0.3) is 0 Å². The minimum absolute atomic E-state index is 0. The van der Waals surface area contributed by atoms with Crippen molar-refractivity contribution in [3.8, 4) is 0 Å². The van der Waals surface area contributed by atoms with E-state index >= 15 is 0 Å². The number of aliphatic hydroxyl groups excluding tert-OH is 1. The topological polar surface area (TPSA) is 46.5 Å². The summed E-state index contributed by atoms with van der Waals surface area (Å²) < 4.78 is 14.2. The number of hydrogen-bond donors (Lipinski definition) is 1. The van der Waals surface area contributed by atoms with Gasteiger partial charge in [-0.05, 0) is 13.3 Å². The summed E-state index contributed by atoms with van der Waals surface area (Å²) in [4.78, 5) is 0. The van der Waals surface area contributed by atoms with Crippen LogP contribution in [-0.2, 0) is 9.09 Å².